The predicted molar refractivity (Wildman–Crippen MR) is 129 cm³/mol. The quantitative estimate of drug-likeness (QED) is 0.305. The highest BCUT2D eigenvalue weighted by Gasteiger charge is 2.09. The van der Waals surface area contributed by atoms with Crippen molar-refractivity contribution in [1.29, 1.82) is 0 Å². The van der Waals surface area contributed by atoms with E-state index in [0.29, 0.717) is 5.56 Å². The number of hydrogen-bond donors (Lipinski definition) is 2. The fourth-order valence-corrected chi connectivity index (χ4v) is 4.30. The fraction of sp³-hybridized carbons (Fsp3) is 0.292. The maximum absolute atomic E-state index is 12.3. The monoisotopic (exact) mass is 436 g/mol. The number of aromatic nitrogens is 1. The molecule has 0 fully saturated rings. The summed E-state index contributed by atoms with van der Waals surface area (Å²) in [6, 6.07) is 13.5. The van der Waals surface area contributed by atoms with Gasteiger partial charge in [0.1, 0.15) is 5.75 Å². The third-order valence-electron chi connectivity index (χ3n) is 5.03. The predicted octanol–water partition coefficient (Wildman–Crippen LogP) is 4.65. The first kappa shape index (κ1) is 22.6. The number of hydrogen-bond acceptors (Lipinski definition) is 6. The number of thioether (sulfide) groups is 1. The molecule has 6 nitrogen and oxygen atoms in total. The summed E-state index contributed by atoms with van der Waals surface area (Å²) in [5, 5.41) is 15.3. The van der Waals surface area contributed by atoms with Crippen LogP contribution in [0.1, 0.15) is 30.7 Å². The number of pyridine rings is 1. The zero-order chi connectivity index (χ0) is 22.4. The number of benzene rings is 2. The van der Waals surface area contributed by atoms with Crippen molar-refractivity contribution in [3.05, 3.63) is 59.3 Å². The molecule has 0 bridgehead atoms. The van der Waals surface area contributed by atoms with E-state index in [9.17, 15) is 9.90 Å². The maximum atomic E-state index is 12.3. The van der Waals surface area contributed by atoms with Crippen LogP contribution in [0.5, 0.6) is 5.75 Å². The maximum Gasteiger partial charge on any atom is 0.250 e. The van der Waals surface area contributed by atoms with Gasteiger partial charge in [0, 0.05) is 46.4 Å². The van der Waals surface area contributed by atoms with Crippen LogP contribution in [0.25, 0.3) is 10.9 Å². The number of nitrogens with one attached hydrogen (secondary N) is 1. The molecule has 162 valence electrons. The highest BCUT2D eigenvalue weighted by molar-refractivity contribution is 8.00. The Kier molecular flexibility index (Phi) is 7.52. The number of carbonyl (C=O) groups is 1. The van der Waals surface area contributed by atoms with E-state index in [2.05, 4.69) is 34.3 Å². The first-order valence-corrected chi connectivity index (χ1v) is 11.3. The highest BCUT2D eigenvalue weighted by atomic mass is 32.2. The van der Waals surface area contributed by atoms with Gasteiger partial charge in [-0.15, -0.1) is 11.8 Å². The van der Waals surface area contributed by atoms with Gasteiger partial charge < -0.3 is 10.0 Å². The molecule has 0 radical (unpaired) electrons. The Hall–Kier alpha value is -3.06. The molecule has 7 heteroatoms. The molecule has 1 heterocycles. The lowest BCUT2D eigenvalue weighted by atomic mass is 10.1. The van der Waals surface area contributed by atoms with Crippen LogP contribution in [-0.4, -0.2) is 41.1 Å². The average molecular weight is 437 g/mol. The summed E-state index contributed by atoms with van der Waals surface area (Å²) in [6.07, 6.45) is 1.46. The molecule has 0 saturated carbocycles. The average Bonchev–Trinajstić information content (AvgIpc) is 2.75. The third-order valence-corrected chi connectivity index (χ3v) is 6.08. The molecule has 0 spiro atoms. The van der Waals surface area contributed by atoms with Crippen LogP contribution >= 0.6 is 11.8 Å². The first-order valence-electron chi connectivity index (χ1n) is 10.3. The Labute approximate surface area is 187 Å². The smallest absolute Gasteiger partial charge is 0.250 e. The van der Waals surface area contributed by atoms with E-state index in [4.69, 9.17) is 0 Å². The molecule has 0 aliphatic carbocycles. The molecule has 2 aromatic carbocycles. The molecule has 3 rings (SSSR count). The van der Waals surface area contributed by atoms with Gasteiger partial charge >= 0.3 is 0 Å². The molecular weight excluding hydrogens is 408 g/mol. The van der Waals surface area contributed by atoms with Gasteiger partial charge in [-0.05, 0) is 51.5 Å². The molecule has 0 aliphatic rings. The minimum atomic E-state index is -0.212. The van der Waals surface area contributed by atoms with Gasteiger partial charge in [0.25, 0.3) is 0 Å². The Morgan fingerprint density at radius 1 is 1.19 bits per heavy atom. The molecule has 2 N–H and O–H groups in total. The summed E-state index contributed by atoms with van der Waals surface area (Å²) in [5.74, 6) is 0.151. The van der Waals surface area contributed by atoms with E-state index in [1.54, 1.807) is 12.1 Å². The molecule has 0 atom stereocenters. The Morgan fingerprint density at radius 2 is 1.97 bits per heavy atom. The number of carbonyl (C=O) groups excluding carboxylic acids is 1. The molecule has 0 unspecified atom stereocenters. The second-order valence-corrected chi connectivity index (χ2v) is 8.25. The van der Waals surface area contributed by atoms with E-state index < -0.39 is 0 Å². The summed E-state index contributed by atoms with van der Waals surface area (Å²) in [7, 11) is 0. The van der Waals surface area contributed by atoms with Gasteiger partial charge in [-0.1, -0.05) is 18.2 Å². The number of hydrazone groups is 1. The molecule has 31 heavy (non-hydrogen) atoms. The van der Waals surface area contributed by atoms with Crippen LogP contribution in [-0.2, 0) is 4.79 Å². The van der Waals surface area contributed by atoms with Crippen LogP contribution in [0.4, 0.5) is 5.69 Å². The van der Waals surface area contributed by atoms with Crippen LogP contribution in [0, 0.1) is 13.8 Å². The third kappa shape index (κ3) is 5.55. The molecule has 1 amide bonds. The zero-order valence-electron chi connectivity index (χ0n) is 18.3. The fourth-order valence-electron chi connectivity index (χ4n) is 3.38. The number of nitrogens with zero attached hydrogens (tertiary/aromatic N) is 3. The number of para-hydroxylation sites is 1. The highest BCUT2D eigenvalue weighted by Crippen LogP contribution is 2.29. The lowest BCUT2D eigenvalue weighted by Crippen LogP contribution is -2.21. The van der Waals surface area contributed by atoms with Gasteiger partial charge in [-0.25, -0.2) is 5.43 Å². The van der Waals surface area contributed by atoms with Gasteiger partial charge in [-0.2, -0.15) is 5.10 Å². The number of amides is 1. The minimum Gasteiger partial charge on any atom is -0.507 e. The zero-order valence-corrected chi connectivity index (χ0v) is 19.2. The van der Waals surface area contributed by atoms with E-state index >= 15 is 0 Å². The number of anilines is 1. The Balaban J connectivity index is 1.62. The Bertz CT molecular complexity index is 1110. The normalized spacial score (nSPS) is 11.2. The topological polar surface area (TPSA) is 77.8 Å². The number of fused-ring (bicyclic) bond motifs is 1. The van der Waals surface area contributed by atoms with Crippen molar-refractivity contribution < 1.29 is 9.90 Å². The molecular formula is C24H28N4O2S. The summed E-state index contributed by atoms with van der Waals surface area (Å²) in [5.41, 5.74) is 7.04. The van der Waals surface area contributed by atoms with Gasteiger partial charge in [0.15, 0.2) is 0 Å². The SMILES string of the molecule is CCN(CC)c1ccc(C=NNC(=O)CSc2cc(C)nc3c(C)cccc23)c(O)c1. The van der Waals surface area contributed by atoms with Crippen molar-refractivity contribution in [2.75, 3.05) is 23.7 Å². The van der Waals surface area contributed by atoms with Gasteiger partial charge in [0.05, 0.1) is 17.5 Å². The molecule has 1 aromatic heterocycles. The second kappa shape index (κ2) is 10.3. The van der Waals surface area contributed by atoms with Gasteiger partial charge in [-0.3, -0.25) is 9.78 Å². The van der Waals surface area contributed by atoms with Crippen LogP contribution in [0.15, 0.2) is 52.5 Å². The summed E-state index contributed by atoms with van der Waals surface area (Å²) >= 11 is 1.46. The van der Waals surface area contributed by atoms with E-state index in [-0.39, 0.29) is 17.4 Å². The van der Waals surface area contributed by atoms with Crippen molar-refractivity contribution in [2.45, 2.75) is 32.6 Å². The molecule has 3 aromatic rings. The van der Waals surface area contributed by atoms with Crippen molar-refractivity contribution in [3.8, 4) is 5.75 Å². The number of phenols is 1. The van der Waals surface area contributed by atoms with Crippen molar-refractivity contribution in [1.82, 2.24) is 10.4 Å². The van der Waals surface area contributed by atoms with Crippen LogP contribution in [0.3, 0.4) is 0 Å². The second-order valence-electron chi connectivity index (χ2n) is 7.23. The van der Waals surface area contributed by atoms with Crippen molar-refractivity contribution >= 4 is 40.5 Å². The number of phenolic OH excluding ortho intramolecular Hbond substituents is 1. The van der Waals surface area contributed by atoms with Gasteiger partial charge in [0.2, 0.25) is 5.91 Å². The molecule has 0 saturated heterocycles. The van der Waals surface area contributed by atoms with Crippen LogP contribution < -0.4 is 10.3 Å². The lowest BCUT2D eigenvalue weighted by Gasteiger charge is -2.21. The summed E-state index contributed by atoms with van der Waals surface area (Å²) in [4.78, 5) is 20.1. The largest absolute Gasteiger partial charge is 0.507 e. The minimum absolute atomic E-state index is 0.130. The Morgan fingerprint density at radius 3 is 2.68 bits per heavy atom. The van der Waals surface area contributed by atoms with E-state index in [1.165, 1.54) is 18.0 Å². The van der Waals surface area contributed by atoms with Crippen LogP contribution in [0.2, 0.25) is 0 Å². The van der Waals surface area contributed by atoms with Crippen molar-refractivity contribution in [3.63, 3.8) is 0 Å². The standard InChI is InChI=1S/C24H28N4O2S/c1-5-28(6-2)19-11-10-18(21(29)13-19)14-25-27-23(30)15-31-22-12-17(4)26-24-16(3)8-7-9-20(22)24/h7-14,29H,5-6,15H2,1-4H3,(H,27,30). The first-order chi connectivity index (χ1) is 14.9. The molecule has 0 aliphatic heterocycles. The number of aromatic hydroxyl groups is 1. The van der Waals surface area contributed by atoms with E-state index in [1.807, 2.05) is 44.2 Å². The number of rotatable bonds is 8. The summed E-state index contributed by atoms with van der Waals surface area (Å²) < 4.78 is 0. The lowest BCUT2D eigenvalue weighted by molar-refractivity contribution is -0.118. The summed E-state index contributed by atoms with van der Waals surface area (Å²) in [6.45, 7) is 9.86. The van der Waals surface area contributed by atoms with E-state index in [0.717, 1.165) is 45.8 Å². The van der Waals surface area contributed by atoms with Crippen molar-refractivity contribution in [2.24, 2.45) is 5.10 Å². The number of aryl methyl sites for hydroxylation is 2.